The summed E-state index contributed by atoms with van der Waals surface area (Å²) in [5.74, 6) is -3.38. The fraction of sp³-hybridized carbons (Fsp3) is 0.222. The third-order valence-corrected chi connectivity index (χ3v) is 1.89. The first-order valence-electron chi connectivity index (χ1n) is 4.59. The van der Waals surface area contributed by atoms with Gasteiger partial charge < -0.3 is 11.1 Å². The predicted molar refractivity (Wildman–Crippen MR) is 54.4 cm³/mol. The lowest BCUT2D eigenvalue weighted by molar-refractivity contribution is -0.387. The summed E-state index contributed by atoms with van der Waals surface area (Å²) in [5, 5.41) is 12.6. The van der Waals surface area contributed by atoms with E-state index in [2.05, 4.69) is 5.32 Å². The molecule has 0 aliphatic heterocycles. The Morgan fingerprint density at radius 1 is 1.47 bits per heavy atom. The van der Waals surface area contributed by atoms with Crippen molar-refractivity contribution in [1.82, 2.24) is 5.32 Å². The van der Waals surface area contributed by atoms with Gasteiger partial charge in [0.25, 0.3) is 5.91 Å². The highest BCUT2D eigenvalue weighted by Gasteiger charge is 2.23. The van der Waals surface area contributed by atoms with Crippen molar-refractivity contribution in [2.75, 3.05) is 13.1 Å². The molecule has 0 aliphatic rings. The number of carbonyl (C=O) groups is 1. The number of nitrogens with one attached hydrogen (secondary N) is 1. The molecule has 0 unspecified atom stereocenters. The largest absolute Gasteiger partial charge is 0.351 e. The number of nitrogens with zero attached hydrogens (tertiary/aromatic N) is 1. The van der Waals surface area contributed by atoms with Gasteiger partial charge in [-0.25, -0.2) is 4.39 Å². The maximum Gasteiger partial charge on any atom is 0.308 e. The summed E-state index contributed by atoms with van der Waals surface area (Å²) in [7, 11) is 0. The summed E-state index contributed by atoms with van der Waals surface area (Å²) in [6, 6.07) is 1.00. The zero-order valence-electron chi connectivity index (χ0n) is 8.57. The van der Waals surface area contributed by atoms with E-state index in [0.717, 1.165) is 0 Å². The standard InChI is InChI=1S/C9H9F2N3O3/c10-5-3-6(9(15)13-2-1-12)8(11)7(4-5)14(16)17/h3-4H,1-2,12H2,(H,13,15). The van der Waals surface area contributed by atoms with Crippen LogP contribution in [0.1, 0.15) is 10.4 Å². The summed E-state index contributed by atoms with van der Waals surface area (Å²) in [5.41, 5.74) is 3.31. The molecule has 0 saturated carbocycles. The Bertz CT molecular complexity index is 465. The van der Waals surface area contributed by atoms with Crippen LogP contribution in [0.2, 0.25) is 0 Å². The number of benzene rings is 1. The second-order valence-corrected chi connectivity index (χ2v) is 3.09. The minimum atomic E-state index is -1.37. The van der Waals surface area contributed by atoms with Gasteiger partial charge in [-0.3, -0.25) is 14.9 Å². The first kappa shape index (κ1) is 13.0. The van der Waals surface area contributed by atoms with E-state index in [-0.39, 0.29) is 13.1 Å². The van der Waals surface area contributed by atoms with Gasteiger partial charge in [0.15, 0.2) is 0 Å². The van der Waals surface area contributed by atoms with Crippen molar-refractivity contribution < 1.29 is 18.5 Å². The van der Waals surface area contributed by atoms with Crippen LogP contribution in [0.5, 0.6) is 0 Å². The van der Waals surface area contributed by atoms with E-state index in [4.69, 9.17) is 5.73 Å². The lowest BCUT2D eigenvalue weighted by Gasteiger charge is -2.05. The average Bonchev–Trinajstić information content (AvgIpc) is 2.28. The highest BCUT2D eigenvalue weighted by molar-refractivity contribution is 5.95. The summed E-state index contributed by atoms with van der Waals surface area (Å²) in [6.07, 6.45) is 0. The molecule has 0 heterocycles. The fourth-order valence-corrected chi connectivity index (χ4v) is 1.15. The van der Waals surface area contributed by atoms with Crippen molar-refractivity contribution in [3.63, 3.8) is 0 Å². The number of nitro groups is 1. The molecule has 0 radical (unpaired) electrons. The Morgan fingerprint density at radius 3 is 2.65 bits per heavy atom. The van der Waals surface area contributed by atoms with Crippen LogP contribution in [-0.2, 0) is 0 Å². The van der Waals surface area contributed by atoms with Crippen molar-refractivity contribution in [2.45, 2.75) is 0 Å². The van der Waals surface area contributed by atoms with Crippen LogP contribution >= 0.6 is 0 Å². The highest BCUT2D eigenvalue weighted by Crippen LogP contribution is 2.22. The number of rotatable bonds is 4. The average molecular weight is 245 g/mol. The van der Waals surface area contributed by atoms with Crippen LogP contribution in [0.3, 0.4) is 0 Å². The van der Waals surface area contributed by atoms with Gasteiger partial charge in [-0.15, -0.1) is 0 Å². The minimum absolute atomic E-state index is 0.0581. The molecule has 0 bridgehead atoms. The SMILES string of the molecule is NCCNC(=O)c1cc(F)cc([N+](=O)[O-])c1F. The van der Waals surface area contributed by atoms with Gasteiger partial charge >= 0.3 is 5.69 Å². The summed E-state index contributed by atoms with van der Waals surface area (Å²) in [4.78, 5) is 20.7. The Labute approximate surface area is 94.6 Å². The molecule has 0 aromatic heterocycles. The van der Waals surface area contributed by atoms with E-state index in [1.54, 1.807) is 0 Å². The highest BCUT2D eigenvalue weighted by atomic mass is 19.1. The number of nitro benzene ring substituents is 1. The molecule has 1 aromatic carbocycles. The van der Waals surface area contributed by atoms with Crippen LogP contribution in [0, 0.1) is 21.7 Å². The molecule has 6 nitrogen and oxygen atoms in total. The van der Waals surface area contributed by atoms with Crippen LogP contribution < -0.4 is 11.1 Å². The van der Waals surface area contributed by atoms with Crippen molar-refractivity contribution in [1.29, 1.82) is 0 Å². The number of nitrogens with two attached hydrogens (primary N) is 1. The van der Waals surface area contributed by atoms with Crippen LogP contribution in [-0.4, -0.2) is 23.9 Å². The maximum atomic E-state index is 13.5. The van der Waals surface area contributed by atoms with E-state index >= 15 is 0 Å². The normalized spacial score (nSPS) is 10.1. The maximum absolute atomic E-state index is 13.5. The molecule has 1 amide bonds. The number of hydrogen-bond donors (Lipinski definition) is 2. The van der Waals surface area contributed by atoms with E-state index in [1.807, 2.05) is 0 Å². The van der Waals surface area contributed by atoms with Crippen molar-refractivity contribution in [3.8, 4) is 0 Å². The summed E-state index contributed by atoms with van der Waals surface area (Å²) in [6.45, 7) is 0.174. The van der Waals surface area contributed by atoms with Gasteiger partial charge in [0.05, 0.1) is 16.6 Å². The lowest BCUT2D eigenvalue weighted by atomic mass is 10.1. The first-order valence-corrected chi connectivity index (χ1v) is 4.59. The Balaban J connectivity index is 3.15. The molecule has 0 aliphatic carbocycles. The number of hydrogen-bond acceptors (Lipinski definition) is 4. The third kappa shape index (κ3) is 2.94. The van der Waals surface area contributed by atoms with Crippen LogP contribution in [0.4, 0.5) is 14.5 Å². The van der Waals surface area contributed by atoms with Crippen LogP contribution in [0.15, 0.2) is 12.1 Å². The molecule has 17 heavy (non-hydrogen) atoms. The zero-order chi connectivity index (χ0) is 13.0. The van der Waals surface area contributed by atoms with Crippen molar-refractivity contribution in [3.05, 3.63) is 39.4 Å². The molecular weight excluding hydrogens is 236 g/mol. The van der Waals surface area contributed by atoms with E-state index < -0.39 is 33.7 Å². The lowest BCUT2D eigenvalue weighted by Crippen LogP contribution is -2.29. The Kier molecular flexibility index (Phi) is 4.05. The molecule has 0 atom stereocenters. The quantitative estimate of drug-likeness (QED) is 0.598. The molecule has 0 spiro atoms. The summed E-state index contributed by atoms with van der Waals surface area (Å²) >= 11 is 0. The number of halogens is 2. The molecule has 0 saturated heterocycles. The van der Waals surface area contributed by atoms with Gasteiger partial charge in [-0.2, -0.15) is 4.39 Å². The monoisotopic (exact) mass is 245 g/mol. The van der Waals surface area contributed by atoms with Crippen molar-refractivity contribution >= 4 is 11.6 Å². The topological polar surface area (TPSA) is 98.3 Å². The number of amides is 1. The van der Waals surface area contributed by atoms with Gasteiger partial charge in [0.2, 0.25) is 5.82 Å². The first-order chi connectivity index (χ1) is 7.97. The molecule has 1 rings (SSSR count). The molecule has 3 N–H and O–H groups in total. The van der Waals surface area contributed by atoms with Gasteiger partial charge in [0.1, 0.15) is 5.82 Å². The van der Waals surface area contributed by atoms with Crippen LogP contribution in [0.25, 0.3) is 0 Å². The molecule has 92 valence electrons. The zero-order valence-corrected chi connectivity index (χ0v) is 8.57. The smallest absolute Gasteiger partial charge is 0.308 e. The van der Waals surface area contributed by atoms with E-state index in [1.165, 1.54) is 0 Å². The van der Waals surface area contributed by atoms with Crippen molar-refractivity contribution in [2.24, 2.45) is 5.73 Å². The third-order valence-electron chi connectivity index (χ3n) is 1.89. The summed E-state index contributed by atoms with van der Waals surface area (Å²) < 4.78 is 26.5. The Morgan fingerprint density at radius 2 is 2.12 bits per heavy atom. The Hall–Kier alpha value is -2.09. The van der Waals surface area contributed by atoms with Gasteiger partial charge in [-0.05, 0) is 6.07 Å². The number of carbonyl (C=O) groups excluding carboxylic acids is 1. The van der Waals surface area contributed by atoms with E-state index in [0.29, 0.717) is 12.1 Å². The predicted octanol–water partition coefficient (Wildman–Crippen LogP) is 0.561. The fourth-order valence-electron chi connectivity index (χ4n) is 1.15. The second-order valence-electron chi connectivity index (χ2n) is 3.09. The minimum Gasteiger partial charge on any atom is -0.351 e. The van der Waals surface area contributed by atoms with Gasteiger partial charge in [0, 0.05) is 13.1 Å². The van der Waals surface area contributed by atoms with Gasteiger partial charge in [-0.1, -0.05) is 0 Å². The molecular formula is C9H9F2N3O3. The van der Waals surface area contributed by atoms with E-state index in [9.17, 15) is 23.7 Å². The molecule has 8 heteroatoms. The second kappa shape index (κ2) is 5.30. The molecule has 1 aromatic rings. The molecule has 0 fully saturated rings.